The number of Topliss-reactive ketones (excluding diaryl/α,β-unsaturated/α-hetero) is 1. The number of alkyl halides is 1. The van der Waals surface area contributed by atoms with Crippen molar-refractivity contribution in [2.75, 3.05) is 12.4 Å². The van der Waals surface area contributed by atoms with Crippen molar-refractivity contribution in [1.29, 1.82) is 0 Å². The second-order valence-corrected chi connectivity index (χ2v) is 8.87. The lowest BCUT2D eigenvalue weighted by molar-refractivity contribution is -0.129. The highest BCUT2D eigenvalue weighted by atomic mass is 35.5. The molecule has 3 amide bonds. The standard InChI is InChI=1S/C23H29ClN4O4/c1-13(2)9-18(28-23(32)19-10-14-5-3-4-6-16(14)26-19)22(31)27-17(20(29)12-24)11-15-7-8-25-21(15)30/h3-6,10,13,15,17-18,26H,7-9,11-12H2,1-2H3,(H,25,30)(H,27,31)(H,28,32)/t15-,17-,18?/m0/s1. The first-order valence-corrected chi connectivity index (χ1v) is 11.4. The Bertz CT molecular complexity index is 970. The van der Waals surface area contributed by atoms with Crippen molar-refractivity contribution < 1.29 is 19.2 Å². The summed E-state index contributed by atoms with van der Waals surface area (Å²) in [4.78, 5) is 53.3. The molecule has 4 N–H and O–H groups in total. The van der Waals surface area contributed by atoms with Gasteiger partial charge in [0.2, 0.25) is 11.8 Å². The van der Waals surface area contributed by atoms with E-state index < -0.39 is 23.9 Å². The van der Waals surface area contributed by atoms with Crippen molar-refractivity contribution in [3.05, 3.63) is 36.0 Å². The van der Waals surface area contributed by atoms with Crippen LogP contribution in [0.2, 0.25) is 0 Å². The molecular formula is C23H29ClN4O4. The van der Waals surface area contributed by atoms with E-state index in [1.54, 1.807) is 6.07 Å². The maximum Gasteiger partial charge on any atom is 0.268 e. The number of aromatic nitrogens is 1. The van der Waals surface area contributed by atoms with Crippen LogP contribution in [0.15, 0.2) is 30.3 Å². The van der Waals surface area contributed by atoms with Gasteiger partial charge in [0, 0.05) is 23.4 Å². The predicted molar refractivity (Wildman–Crippen MR) is 122 cm³/mol. The number of halogens is 1. The zero-order valence-electron chi connectivity index (χ0n) is 18.2. The van der Waals surface area contributed by atoms with Gasteiger partial charge in [-0.1, -0.05) is 32.0 Å². The topological polar surface area (TPSA) is 120 Å². The van der Waals surface area contributed by atoms with E-state index in [2.05, 4.69) is 20.9 Å². The minimum absolute atomic E-state index is 0.122. The molecule has 3 atom stereocenters. The van der Waals surface area contributed by atoms with Gasteiger partial charge in [0.25, 0.3) is 5.91 Å². The van der Waals surface area contributed by atoms with Crippen LogP contribution in [0.4, 0.5) is 0 Å². The van der Waals surface area contributed by atoms with Gasteiger partial charge in [-0.25, -0.2) is 0 Å². The van der Waals surface area contributed by atoms with Gasteiger partial charge in [-0.15, -0.1) is 11.6 Å². The van der Waals surface area contributed by atoms with Gasteiger partial charge >= 0.3 is 0 Å². The quantitative estimate of drug-likeness (QED) is 0.406. The van der Waals surface area contributed by atoms with Gasteiger partial charge in [0.05, 0.1) is 11.9 Å². The summed E-state index contributed by atoms with van der Waals surface area (Å²) in [5.74, 6) is -1.85. The summed E-state index contributed by atoms with van der Waals surface area (Å²) in [6.45, 7) is 4.44. The van der Waals surface area contributed by atoms with Gasteiger partial charge in [-0.3, -0.25) is 19.2 Å². The second kappa shape index (κ2) is 10.6. The molecule has 2 heterocycles. The molecule has 0 spiro atoms. The Balaban J connectivity index is 1.72. The molecule has 1 aromatic heterocycles. The Morgan fingerprint density at radius 3 is 2.53 bits per heavy atom. The summed E-state index contributed by atoms with van der Waals surface area (Å²) in [6.07, 6.45) is 1.18. The molecule has 1 fully saturated rings. The lowest BCUT2D eigenvalue weighted by atomic mass is 9.95. The third kappa shape index (κ3) is 5.88. The predicted octanol–water partition coefficient (Wildman–Crippen LogP) is 2.13. The Hall–Kier alpha value is -2.87. The SMILES string of the molecule is CC(C)CC(NC(=O)c1cc2ccccc2[nH]1)C(=O)N[C@@H](C[C@@H]1CCNC1=O)C(=O)CCl. The lowest BCUT2D eigenvalue weighted by Gasteiger charge is -2.24. The highest BCUT2D eigenvalue weighted by molar-refractivity contribution is 6.28. The molecule has 1 aliphatic rings. The first-order valence-electron chi connectivity index (χ1n) is 10.8. The van der Waals surface area contributed by atoms with Crippen molar-refractivity contribution in [3.8, 4) is 0 Å². The van der Waals surface area contributed by atoms with Crippen molar-refractivity contribution in [2.45, 2.75) is 45.2 Å². The van der Waals surface area contributed by atoms with Crippen LogP contribution < -0.4 is 16.0 Å². The zero-order chi connectivity index (χ0) is 23.3. The van der Waals surface area contributed by atoms with Gasteiger partial charge < -0.3 is 20.9 Å². The molecule has 32 heavy (non-hydrogen) atoms. The Labute approximate surface area is 191 Å². The van der Waals surface area contributed by atoms with Crippen LogP contribution >= 0.6 is 11.6 Å². The summed E-state index contributed by atoms with van der Waals surface area (Å²) >= 11 is 5.74. The third-order valence-corrected chi connectivity index (χ3v) is 5.89. The van der Waals surface area contributed by atoms with Crippen LogP contribution in [-0.4, -0.2) is 53.0 Å². The largest absolute Gasteiger partial charge is 0.356 e. The first-order chi connectivity index (χ1) is 15.3. The Morgan fingerprint density at radius 2 is 1.91 bits per heavy atom. The van der Waals surface area contributed by atoms with Gasteiger partial charge in [0.1, 0.15) is 11.7 Å². The Morgan fingerprint density at radius 1 is 1.16 bits per heavy atom. The number of aromatic amines is 1. The van der Waals surface area contributed by atoms with Crippen molar-refractivity contribution >= 4 is 46.0 Å². The van der Waals surface area contributed by atoms with Crippen LogP contribution in [0, 0.1) is 11.8 Å². The summed E-state index contributed by atoms with van der Waals surface area (Å²) in [5, 5.41) is 9.14. The number of carbonyl (C=O) groups is 4. The maximum absolute atomic E-state index is 13.1. The minimum Gasteiger partial charge on any atom is -0.356 e. The first kappa shape index (κ1) is 23.8. The molecule has 0 bridgehead atoms. The number of H-pyrrole nitrogens is 1. The Kier molecular flexibility index (Phi) is 7.90. The van der Waals surface area contributed by atoms with Crippen LogP contribution in [-0.2, 0) is 14.4 Å². The minimum atomic E-state index is -0.881. The van der Waals surface area contributed by atoms with E-state index >= 15 is 0 Å². The fourth-order valence-electron chi connectivity index (χ4n) is 3.93. The van der Waals surface area contributed by atoms with E-state index in [0.717, 1.165) is 10.9 Å². The maximum atomic E-state index is 13.1. The zero-order valence-corrected chi connectivity index (χ0v) is 19.0. The molecule has 2 aromatic rings. The number of amides is 3. The number of hydrogen-bond donors (Lipinski definition) is 4. The molecule has 1 unspecified atom stereocenters. The second-order valence-electron chi connectivity index (χ2n) is 8.60. The molecule has 8 nitrogen and oxygen atoms in total. The van der Waals surface area contributed by atoms with E-state index in [4.69, 9.17) is 11.6 Å². The molecule has 0 aliphatic carbocycles. The molecular weight excluding hydrogens is 432 g/mol. The number of ketones is 1. The van der Waals surface area contributed by atoms with Crippen molar-refractivity contribution in [2.24, 2.45) is 11.8 Å². The normalized spacial score (nSPS) is 17.8. The smallest absolute Gasteiger partial charge is 0.268 e. The molecule has 3 rings (SSSR count). The average Bonchev–Trinajstić information content (AvgIpc) is 3.37. The molecule has 0 saturated carbocycles. The van der Waals surface area contributed by atoms with E-state index in [1.807, 2.05) is 38.1 Å². The van der Waals surface area contributed by atoms with E-state index in [9.17, 15) is 19.2 Å². The van der Waals surface area contributed by atoms with E-state index in [-0.39, 0.29) is 35.8 Å². The summed E-state index contributed by atoms with van der Waals surface area (Å²) in [5.41, 5.74) is 1.17. The van der Waals surface area contributed by atoms with Crippen LogP contribution in [0.1, 0.15) is 43.6 Å². The van der Waals surface area contributed by atoms with Gasteiger partial charge in [0.15, 0.2) is 5.78 Å². The fraction of sp³-hybridized carbons (Fsp3) is 0.478. The molecule has 0 radical (unpaired) electrons. The number of carbonyl (C=O) groups excluding carboxylic acids is 4. The summed E-state index contributed by atoms with van der Waals surface area (Å²) < 4.78 is 0. The highest BCUT2D eigenvalue weighted by Crippen LogP contribution is 2.18. The van der Waals surface area contributed by atoms with E-state index in [1.165, 1.54) is 0 Å². The van der Waals surface area contributed by atoms with Crippen LogP contribution in [0.5, 0.6) is 0 Å². The molecule has 1 aromatic carbocycles. The summed E-state index contributed by atoms with van der Waals surface area (Å²) in [7, 11) is 0. The van der Waals surface area contributed by atoms with Gasteiger partial charge in [-0.05, 0) is 37.3 Å². The highest BCUT2D eigenvalue weighted by Gasteiger charge is 2.33. The molecule has 1 saturated heterocycles. The van der Waals surface area contributed by atoms with Crippen molar-refractivity contribution in [3.63, 3.8) is 0 Å². The number of hydrogen-bond acceptors (Lipinski definition) is 4. The number of fused-ring (bicyclic) bond motifs is 1. The molecule has 1 aliphatic heterocycles. The summed E-state index contributed by atoms with van der Waals surface area (Å²) in [6, 6.07) is 7.52. The number of rotatable bonds is 10. The molecule has 9 heteroatoms. The molecule has 172 valence electrons. The van der Waals surface area contributed by atoms with Gasteiger partial charge in [-0.2, -0.15) is 0 Å². The average molecular weight is 461 g/mol. The van der Waals surface area contributed by atoms with Crippen molar-refractivity contribution in [1.82, 2.24) is 20.9 Å². The number of para-hydroxylation sites is 1. The van der Waals surface area contributed by atoms with Crippen LogP contribution in [0.25, 0.3) is 10.9 Å². The third-order valence-electron chi connectivity index (χ3n) is 5.62. The fourth-order valence-corrected chi connectivity index (χ4v) is 4.11. The number of nitrogens with one attached hydrogen (secondary N) is 4. The number of benzene rings is 1. The van der Waals surface area contributed by atoms with E-state index in [0.29, 0.717) is 25.1 Å². The monoisotopic (exact) mass is 460 g/mol. The lowest BCUT2D eigenvalue weighted by Crippen LogP contribution is -2.53. The van der Waals surface area contributed by atoms with Crippen LogP contribution in [0.3, 0.4) is 0 Å².